The van der Waals surface area contributed by atoms with Gasteiger partial charge in [-0.05, 0) is 61.7 Å². The first-order chi connectivity index (χ1) is 16.3. The average molecular weight is 487 g/mol. The minimum absolute atomic E-state index is 0.145. The number of hydrogen-bond donors (Lipinski definition) is 2. The van der Waals surface area contributed by atoms with Crippen LogP contribution in [0.1, 0.15) is 36.8 Å². The molecule has 9 heteroatoms. The molecule has 2 N–H and O–H groups in total. The van der Waals surface area contributed by atoms with Crippen LogP contribution in [0.25, 0.3) is 0 Å². The molecule has 0 bridgehead atoms. The summed E-state index contributed by atoms with van der Waals surface area (Å²) in [6.45, 7) is 5.15. The predicted molar refractivity (Wildman–Crippen MR) is 135 cm³/mol. The molecule has 1 atom stereocenters. The van der Waals surface area contributed by atoms with E-state index in [1.54, 1.807) is 19.2 Å². The van der Waals surface area contributed by atoms with E-state index in [9.17, 15) is 8.42 Å². The van der Waals surface area contributed by atoms with Crippen molar-refractivity contribution >= 4 is 27.1 Å². The van der Waals surface area contributed by atoms with Crippen molar-refractivity contribution in [2.24, 2.45) is 0 Å². The van der Waals surface area contributed by atoms with E-state index in [-0.39, 0.29) is 12.5 Å². The lowest BCUT2D eigenvalue weighted by atomic mass is 9.97. The van der Waals surface area contributed by atoms with E-state index in [0.717, 1.165) is 61.5 Å². The normalized spacial score (nSPS) is 15.5. The SMILES string of the molecule is CCN(c1ccc(C(CNS(C)(=O)=O)COC)cc1Nc1ccc(C#N)cc1)C1CCOCC1. The Morgan fingerprint density at radius 2 is 1.91 bits per heavy atom. The van der Waals surface area contributed by atoms with Crippen LogP contribution in [0.15, 0.2) is 42.5 Å². The lowest BCUT2D eigenvalue weighted by Gasteiger charge is -2.37. The molecule has 0 radical (unpaired) electrons. The molecule has 0 saturated carbocycles. The smallest absolute Gasteiger partial charge is 0.208 e. The molecule has 8 nitrogen and oxygen atoms in total. The van der Waals surface area contributed by atoms with Gasteiger partial charge in [0.25, 0.3) is 0 Å². The van der Waals surface area contributed by atoms with Gasteiger partial charge in [-0.1, -0.05) is 6.07 Å². The second-order valence-electron chi connectivity index (χ2n) is 8.49. The number of anilines is 3. The van der Waals surface area contributed by atoms with Gasteiger partial charge in [-0.25, -0.2) is 13.1 Å². The van der Waals surface area contributed by atoms with Crippen molar-refractivity contribution in [2.45, 2.75) is 31.7 Å². The van der Waals surface area contributed by atoms with Crippen LogP contribution in [0, 0.1) is 11.3 Å². The quantitative estimate of drug-likeness (QED) is 0.500. The summed E-state index contributed by atoms with van der Waals surface area (Å²) in [5.74, 6) is -0.145. The third-order valence-electron chi connectivity index (χ3n) is 6.03. The molecule has 1 heterocycles. The number of ether oxygens (including phenoxy) is 2. The Balaban J connectivity index is 1.98. The van der Waals surface area contributed by atoms with E-state index in [4.69, 9.17) is 14.7 Å². The maximum atomic E-state index is 11.7. The Kier molecular flexibility index (Phi) is 9.30. The summed E-state index contributed by atoms with van der Waals surface area (Å²) in [4.78, 5) is 2.40. The van der Waals surface area contributed by atoms with Crippen molar-refractivity contribution < 1.29 is 17.9 Å². The average Bonchev–Trinajstić information content (AvgIpc) is 2.83. The summed E-state index contributed by atoms with van der Waals surface area (Å²) in [5.41, 5.74) is 4.45. The summed E-state index contributed by atoms with van der Waals surface area (Å²) in [5, 5.41) is 12.6. The molecule has 0 amide bonds. The Labute approximate surface area is 202 Å². The van der Waals surface area contributed by atoms with Crippen molar-refractivity contribution in [2.75, 3.05) is 56.5 Å². The Bertz CT molecular complexity index is 1080. The number of nitrogens with one attached hydrogen (secondary N) is 2. The largest absolute Gasteiger partial charge is 0.384 e. The van der Waals surface area contributed by atoms with E-state index in [1.165, 1.54) is 0 Å². The Hall–Kier alpha value is -2.64. The Morgan fingerprint density at radius 1 is 1.21 bits per heavy atom. The van der Waals surface area contributed by atoms with Crippen molar-refractivity contribution in [3.05, 3.63) is 53.6 Å². The number of benzene rings is 2. The number of rotatable bonds is 11. The molecule has 0 aromatic heterocycles. The molecule has 1 aliphatic rings. The number of hydrogen-bond acceptors (Lipinski definition) is 7. The van der Waals surface area contributed by atoms with Crippen LogP contribution in [0.2, 0.25) is 0 Å². The second kappa shape index (κ2) is 12.2. The van der Waals surface area contributed by atoms with Crippen LogP contribution in [-0.4, -0.2) is 60.7 Å². The van der Waals surface area contributed by atoms with Crippen molar-refractivity contribution in [3.63, 3.8) is 0 Å². The number of nitrogens with zero attached hydrogens (tertiary/aromatic N) is 2. The summed E-state index contributed by atoms with van der Waals surface area (Å²) >= 11 is 0. The van der Waals surface area contributed by atoms with Crippen LogP contribution >= 0.6 is 0 Å². The maximum Gasteiger partial charge on any atom is 0.208 e. The lowest BCUT2D eigenvalue weighted by Crippen LogP contribution is -2.39. The van der Waals surface area contributed by atoms with E-state index < -0.39 is 10.0 Å². The molecule has 0 aliphatic carbocycles. The van der Waals surface area contributed by atoms with Crippen LogP contribution in [0.5, 0.6) is 0 Å². The first-order valence-electron chi connectivity index (χ1n) is 11.5. The van der Waals surface area contributed by atoms with Gasteiger partial charge in [0.15, 0.2) is 0 Å². The zero-order valence-electron chi connectivity index (χ0n) is 20.1. The monoisotopic (exact) mass is 486 g/mol. The van der Waals surface area contributed by atoms with E-state index in [0.29, 0.717) is 18.2 Å². The van der Waals surface area contributed by atoms with E-state index in [2.05, 4.69) is 46.1 Å². The summed E-state index contributed by atoms with van der Waals surface area (Å²) < 4.78 is 36.9. The van der Waals surface area contributed by atoms with Gasteiger partial charge in [0.05, 0.1) is 35.9 Å². The molecule has 34 heavy (non-hydrogen) atoms. The molecule has 2 aromatic rings. The van der Waals surface area contributed by atoms with E-state index >= 15 is 0 Å². The summed E-state index contributed by atoms with van der Waals surface area (Å²) in [6.07, 6.45) is 3.10. The standard InChI is InChI=1S/C25H34N4O4S/c1-4-29(23-11-13-33-14-12-23)25-10-7-20(21(18-32-2)17-27-34(3,30)31)15-24(25)28-22-8-5-19(16-26)6-9-22/h5-10,15,21,23,27-28H,4,11-14,17-18H2,1-3H3. The van der Waals surface area contributed by atoms with Crippen LogP contribution in [0.3, 0.4) is 0 Å². The molecular formula is C25H34N4O4S. The topological polar surface area (TPSA) is 104 Å². The first kappa shape index (κ1) is 26.0. The number of nitriles is 1. The van der Waals surface area contributed by atoms with Gasteiger partial charge in [-0.3, -0.25) is 0 Å². The highest BCUT2D eigenvalue weighted by molar-refractivity contribution is 7.88. The first-order valence-corrected chi connectivity index (χ1v) is 13.4. The van der Waals surface area contributed by atoms with Gasteiger partial charge >= 0.3 is 0 Å². The molecule has 0 spiro atoms. The number of sulfonamides is 1. The summed E-state index contributed by atoms with van der Waals surface area (Å²) in [6, 6.07) is 16.1. The van der Waals surface area contributed by atoms with Crippen LogP contribution in [0.4, 0.5) is 17.1 Å². The predicted octanol–water partition coefficient (Wildman–Crippen LogP) is 3.59. The maximum absolute atomic E-state index is 11.7. The molecule has 184 valence electrons. The molecular weight excluding hydrogens is 452 g/mol. The van der Waals surface area contributed by atoms with Crippen molar-refractivity contribution in [1.82, 2.24) is 4.72 Å². The highest BCUT2D eigenvalue weighted by atomic mass is 32.2. The van der Waals surface area contributed by atoms with Gasteiger partial charge in [0.2, 0.25) is 10.0 Å². The fourth-order valence-corrected chi connectivity index (χ4v) is 4.79. The van der Waals surface area contributed by atoms with Gasteiger partial charge in [0, 0.05) is 51.1 Å². The van der Waals surface area contributed by atoms with Crippen LogP contribution in [-0.2, 0) is 19.5 Å². The fraction of sp³-hybridized carbons (Fsp3) is 0.480. The second-order valence-corrected chi connectivity index (χ2v) is 10.3. The zero-order chi connectivity index (χ0) is 24.6. The fourth-order valence-electron chi connectivity index (χ4n) is 4.29. The third-order valence-corrected chi connectivity index (χ3v) is 6.72. The summed E-state index contributed by atoms with van der Waals surface area (Å²) in [7, 11) is -1.71. The third kappa shape index (κ3) is 7.18. The van der Waals surface area contributed by atoms with Gasteiger partial charge in [-0.15, -0.1) is 0 Å². The van der Waals surface area contributed by atoms with E-state index in [1.807, 2.05) is 12.1 Å². The van der Waals surface area contributed by atoms with Gasteiger partial charge < -0.3 is 19.7 Å². The molecule has 1 aliphatic heterocycles. The molecule has 1 fully saturated rings. The highest BCUT2D eigenvalue weighted by Gasteiger charge is 2.24. The van der Waals surface area contributed by atoms with Crippen molar-refractivity contribution in [1.29, 1.82) is 5.26 Å². The lowest BCUT2D eigenvalue weighted by molar-refractivity contribution is 0.0846. The minimum Gasteiger partial charge on any atom is -0.384 e. The van der Waals surface area contributed by atoms with Gasteiger partial charge in [-0.2, -0.15) is 5.26 Å². The van der Waals surface area contributed by atoms with Crippen LogP contribution < -0.4 is 14.9 Å². The molecule has 2 aromatic carbocycles. The molecule has 1 saturated heterocycles. The van der Waals surface area contributed by atoms with Gasteiger partial charge in [0.1, 0.15) is 0 Å². The molecule has 3 rings (SSSR count). The van der Waals surface area contributed by atoms with Crippen molar-refractivity contribution in [3.8, 4) is 6.07 Å². The highest BCUT2D eigenvalue weighted by Crippen LogP contribution is 2.35. The number of methoxy groups -OCH3 is 1. The minimum atomic E-state index is -3.32. The zero-order valence-corrected chi connectivity index (χ0v) is 20.9. The molecule has 1 unspecified atom stereocenters. The Morgan fingerprint density at radius 3 is 2.50 bits per heavy atom.